The van der Waals surface area contributed by atoms with Crippen molar-refractivity contribution in [3.63, 3.8) is 0 Å². The molecule has 460 valence electrons. The number of carbonyl (C=O) groups is 5. The number of piperidine rings is 2. The van der Waals surface area contributed by atoms with Crippen LogP contribution in [0, 0.1) is 5.41 Å². The summed E-state index contributed by atoms with van der Waals surface area (Å²) in [4.78, 5) is 73.8. The zero-order valence-electron chi connectivity index (χ0n) is 47.7. The summed E-state index contributed by atoms with van der Waals surface area (Å²) < 4.78 is 101. The predicted octanol–water partition coefficient (Wildman–Crippen LogP) is 9.62. The van der Waals surface area contributed by atoms with Crippen LogP contribution in [0.15, 0.2) is 134 Å². The highest BCUT2D eigenvalue weighted by molar-refractivity contribution is 9.10. The van der Waals surface area contributed by atoms with E-state index in [1.807, 2.05) is 47.2 Å². The Morgan fingerprint density at radius 1 is 0.828 bits per heavy atom. The van der Waals surface area contributed by atoms with Crippen LogP contribution in [0.4, 0.5) is 24.5 Å². The molecule has 2 bridgehead atoms. The number of sulfone groups is 1. The van der Waals surface area contributed by atoms with Gasteiger partial charge in [0.2, 0.25) is 11.8 Å². The number of carbonyl (C=O) groups excluding carboxylic acids is 5. The molecule has 5 aromatic carbocycles. The lowest BCUT2D eigenvalue weighted by Crippen LogP contribution is -2.68. The molecule has 4 atom stereocenters. The van der Waals surface area contributed by atoms with Gasteiger partial charge in [-0.3, -0.25) is 48.9 Å². The molecule has 17 nitrogen and oxygen atoms in total. The van der Waals surface area contributed by atoms with Crippen LogP contribution in [0.25, 0.3) is 5.57 Å². The molecule has 87 heavy (non-hydrogen) atoms. The van der Waals surface area contributed by atoms with Gasteiger partial charge in [0.05, 0.1) is 21.7 Å². The number of nitrogens with zero attached hydrogens (tertiary/aromatic N) is 5. The largest absolute Gasteiger partial charge is 0.501 e. The zero-order chi connectivity index (χ0) is 61.7. The van der Waals surface area contributed by atoms with Crippen LogP contribution in [0.2, 0.25) is 5.02 Å². The molecule has 3 unspecified atom stereocenters. The number of allylic oxidation sites excluding steroid dienone is 1. The van der Waals surface area contributed by atoms with Crippen LogP contribution in [-0.4, -0.2) is 154 Å². The third-order valence-corrected chi connectivity index (χ3v) is 22.5. The summed E-state index contributed by atoms with van der Waals surface area (Å²) in [6.45, 7) is 10.6. The first-order valence-electron chi connectivity index (χ1n) is 28.8. The Morgan fingerprint density at radius 2 is 1.51 bits per heavy atom. The molecular formula is C62H65BrClF3N8O9S3. The molecule has 1 aliphatic carbocycles. The van der Waals surface area contributed by atoms with Crippen molar-refractivity contribution in [1.82, 2.24) is 29.6 Å². The maximum absolute atomic E-state index is 14.6. The Kier molecular flexibility index (Phi) is 18.0. The van der Waals surface area contributed by atoms with Crippen molar-refractivity contribution in [1.29, 1.82) is 0 Å². The van der Waals surface area contributed by atoms with E-state index in [0.29, 0.717) is 61.3 Å². The number of halogens is 5. The van der Waals surface area contributed by atoms with Gasteiger partial charge in [0, 0.05) is 115 Å². The Bertz CT molecular complexity index is 3790. The molecule has 6 heterocycles. The number of piperazine rings is 2. The highest BCUT2D eigenvalue weighted by Crippen LogP contribution is 2.44. The molecule has 0 radical (unpaired) electrons. The number of nitrogens with one attached hydrogen (secondary N) is 3. The van der Waals surface area contributed by atoms with Crippen LogP contribution in [0.5, 0.6) is 0 Å². The number of imide groups is 2. The quantitative estimate of drug-likeness (QED) is 0.0520. The van der Waals surface area contributed by atoms with Gasteiger partial charge in [-0.05, 0) is 140 Å². The van der Waals surface area contributed by atoms with E-state index < -0.39 is 82.5 Å². The highest BCUT2D eigenvalue weighted by atomic mass is 79.9. The van der Waals surface area contributed by atoms with E-state index in [4.69, 9.17) is 11.6 Å². The molecule has 25 heteroatoms. The van der Waals surface area contributed by atoms with E-state index in [0.717, 1.165) is 78.5 Å². The number of alkyl halides is 3. The van der Waals surface area contributed by atoms with Gasteiger partial charge in [-0.1, -0.05) is 77.3 Å². The number of hydrogen-bond donors (Lipinski definition) is 3. The minimum absolute atomic E-state index is 0.000483. The maximum atomic E-state index is 14.6. The Hall–Kier alpha value is -6.12. The Labute approximate surface area is 521 Å². The van der Waals surface area contributed by atoms with E-state index >= 15 is 0 Å². The summed E-state index contributed by atoms with van der Waals surface area (Å²) in [6.07, 6.45) is 4.36. The fraction of sp³-hybridized carbons (Fsp3) is 0.403. The van der Waals surface area contributed by atoms with Crippen molar-refractivity contribution < 1.29 is 54.0 Å². The number of benzene rings is 5. The third-order valence-electron chi connectivity index (χ3n) is 17.4. The minimum Gasteiger partial charge on any atom is -0.380 e. The molecule has 6 aliphatic heterocycles. The maximum Gasteiger partial charge on any atom is 0.501 e. The summed E-state index contributed by atoms with van der Waals surface area (Å²) in [6, 6.07) is 27.7. The first kappa shape index (κ1) is 62.5. The monoisotopic (exact) mass is 1330 g/mol. The second-order valence-corrected chi connectivity index (χ2v) is 29.9. The second kappa shape index (κ2) is 25.0. The van der Waals surface area contributed by atoms with Gasteiger partial charge in [-0.2, -0.15) is 13.2 Å². The molecule has 3 N–H and O–H groups in total. The molecule has 5 fully saturated rings. The number of rotatable bonds is 19. The van der Waals surface area contributed by atoms with Crippen molar-refractivity contribution in [3.8, 4) is 0 Å². The summed E-state index contributed by atoms with van der Waals surface area (Å²) in [5.41, 5.74) is -0.205. The van der Waals surface area contributed by atoms with Crippen LogP contribution in [0.3, 0.4) is 0 Å². The lowest BCUT2D eigenvalue weighted by molar-refractivity contribution is -0.136. The summed E-state index contributed by atoms with van der Waals surface area (Å²) >= 11 is 11.2. The minimum atomic E-state index is -6.17. The van der Waals surface area contributed by atoms with Gasteiger partial charge in [-0.25, -0.2) is 21.6 Å². The molecule has 5 aromatic rings. The third kappa shape index (κ3) is 13.6. The molecule has 0 spiro atoms. The van der Waals surface area contributed by atoms with Gasteiger partial charge in [0.1, 0.15) is 10.9 Å². The van der Waals surface area contributed by atoms with Gasteiger partial charge < -0.3 is 10.2 Å². The number of sulfonamides is 1. The van der Waals surface area contributed by atoms with Crippen molar-refractivity contribution in [2.24, 2.45) is 5.41 Å². The molecule has 0 saturated carbocycles. The summed E-state index contributed by atoms with van der Waals surface area (Å²) in [5.74, 6) is -3.15. The smallest absolute Gasteiger partial charge is 0.380 e. The second-order valence-electron chi connectivity index (χ2n) is 23.9. The summed E-state index contributed by atoms with van der Waals surface area (Å²) in [5, 5.41) is 5.96. The van der Waals surface area contributed by atoms with Crippen LogP contribution < -0.4 is 20.3 Å². The number of amides is 5. The number of hydrogen-bond acceptors (Lipinski definition) is 15. The van der Waals surface area contributed by atoms with E-state index in [1.165, 1.54) is 40.6 Å². The van der Waals surface area contributed by atoms with Crippen LogP contribution in [-0.2, 0) is 36.0 Å². The lowest BCUT2D eigenvalue weighted by Gasteiger charge is -2.57. The van der Waals surface area contributed by atoms with Crippen LogP contribution in [0.1, 0.15) is 101 Å². The van der Waals surface area contributed by atoms with E-state index in [-0.39, 0.29) is 52.8 Å². The predicted molar refractivity (Wildman–Crippen MR) is 330 cm³/mol. The molecule has 0 aromatic heterocycles. The van der Waals surface area contributed by atoms with Crippen LogP contribution >= 0.6 is 39.3 Å². The number of fused-ring (bicyclic) bond motifs is 3. The first-order chi connectivity index (χ1) is 41.3. The van der Waals surface area contributed by atoms with Crippen molar-refractivity contribution in [2.45, 2.75) is 110 Å². The molecule has 7 aliphatic rings. The molecular weight excluding hydrogens is 1270 g/mol. The van der Waals surface area contributed by atoms with Crippen molar-refractivity contribution in [2.75, 3.05) is 68.3 Å². The van der Waals surface area contributed by atoms with E-state index in [2.05, 4.69) is 72.1 Å². The summed E-state index contributed by atoms with van der Waals surface area (Å²) in [7, 11) is -11.1. The van der Waals surface area contributed by atoms with Crippen molar-refractivity contribution >= 4 is 106 Å². The molecule has 12 rings (SSSR count). The number of anilines is 2. The normalized spacial score (nSPS) is 21.6. The van der Waals surface area contributed by atoms with E-state index in [1.54, 1.807) is 24.3 Å². The first-order valence-corrected chi connectivity index (χ1v) is 34.0. The zero-order valence-corrected chi connectivity index (χ0v) is 52.5. The average molecular weight is 1330 g/mol. The average Bonchev–Trinajstić information content (AvgIpc) is 1.82. The topological polar surface area (TPSA) is 206 Å². The Morgan fingerprint density at radius 3 is 2.17 bits per heavy atom. The van der Waals surface area contributed by atoms with Gasteiger partial charge in [-0.15, -0.1) is 11.8 Å². The fourth-order valence-corrected chi connectivity index (χ4v) is 16.4. The fourth-order valence-electron chi connectivity index (χ4n) is 12.8. The molecule has 5 saturated heterocycles. The number of thioether (sulfide) groups is 1. The standard InChI is InChI=1S/C62H65BrClF3N8O9S3/c1-61(2)22-20-49(38-8-12-42(64)13-9-38)41(32-61)34-71-24-26-73(27-25-71)44-14-10-39(11-15-44)57(77)70-87(83,84)48-16-17-53(55(30-48)86(81,82)62(65,66)67)68-43(37-85-47-6-4-3-5-7-47)21-23-74-45-29-46(74)36-72(35-45)33-40-28-50-51(31-52(40)63)60(80)75(59(50)79)54-18-19-56(76)69-58(54)78/h3-17,28,30-31,43,45-46,54,68H,18-27,29,32-37H2,1-2H3,(H,70,77)(H,69,76,78)/t43-,45?,46?,54?/m1/s1. The highest BCUT2D eigenvalue weighted by Gasteiger charge is 2.50. The van der Waals surface area contributed by atoms with Gasteiger partial charge in [0.15, 0.2) is 0 Å². The van der Waals surface area contributed by atoms with Gasteiger partial charge in [0.25, 0.3) is 37.6 Å². The Balaban J connectivity index is 0.734. The SMILES string of the molecule is CC1(C)CCC(c2ccc(Cl)cc2)=C(CN2CCN(c3ccc(C(=O)NS(=O)(=O)c4ccc(N[C@H](CCN5C6CC5CN(Cc5cc7c(cc5Br)C(=O)N(C5CCC(=O)NC5=O)C7=O)C6)CSc5ccccc5)c(S(=O)(=O)C(F)(F)F)c4)cc3)CC2)C1. The lowest BCUT2D eigenvalue weighted by atomic mass is 9.73. The molecule has 5 amide bonds. The van der Waals surface area contributed by atoms with Crippen molar-refractivity contribution in [3.05, 3.63) is 152 Å². The van der Waals surface area contributed by atoms with Gasteiger partial charge >= 0.3 is 5.51 Å². The van der Waals surface area contributed by atoms with E-state index in [9.17, 15) is 54.0 Å².